The van der Waals surface area contributed by atoms with Gasteiger partial charge in [0.1, 0.15) is 5.75 Å². The van der Waals surface area contributed by atoms with Gasteiger partial charge in [0, 0.05) is 5.56 Å². The summed E-state index contributed by atoms with van der Waals surface area (Å²) in [6.45, 7) is 3.07. The fourth-order valence-corrected chi connectivity index (χ4v) is 3.66. The minimum atomic E-state index is -2.90. The third-order valence-corrected chi connectivity index (χ3v) is 5.47. The summed E-state index contributed by atoms with van der Waals surface area (Å²) in [5.74, 6) is 0.750. The Bertz CT molecular complexity index is 507. The van der Waals surface area contributed by atoms with Crippen LogP contribution in [0.2, 0.25) is 0 Å². The molecule has 0 saturated carbocycles. The molecule has 0 radical (unpaired) electrons. The second kappa shape index (κ2) is 18.2. The van der Waals surface area contributed by atoms with E-state index in [4.69, 9.17) is 14.2 Å². The normalized spacial score (nSPS) is 12.2. The van der Waals surface area contributed by atoms with E-state index in [1.807, 2.05) is 24.3 Å². The molecule has 1 N–H and O–H groups in total. The molecule has 1 aromatic rings. The van der Waals surface area contributed by atoms with Crippen LogP contribution in [0.5, 0.6) is 5.75 Å². The van der Waals surface area contributed by atoms with Crippen molar-refractivity contribution in [2.45, 2.75) is 103 Å². The summed E-state index contributed by atoms with van der Waals surface area (Å²) in [6, 6.07) is 7.54. The molecule has 0 aliphatic heterocycles. The first-order valence-electron chi connectivity index (χ1n) is 11.3. The van der Waals surface area contributed by atoms with Gasteiger partial charge in [-0.1, -0.05) is 109 Å². The summed E-state index contributed by atoms with van der Waals surface area (Å²) in [7, 11) is -2.90. The molecule has 1 aromatic carbocycles. The fourth-order valence-electron chi connectivity index (χ4n) is 3.38. The SMILES string of the molecule is CCCCCCCCCCCCCCCCOc1ccccc1CO[PH](=O)O. The van der Waals surface area contributed by atoms with E-state index in [1.54, 1.807) is 0 Å². The van der Waals surface area contributed by atoms with E-state index in [-0.39, 0.29) is 6.61 Å². The van der Waals surface area contributed by atoms with Crippen molar-refractivity contribution in [3.05, 3.63) is 29.8 Å². The van der Waals surface area contributed by atoms with Crippen molar-refractivity contribution in [2.75, 3.05) is 6.61 Å². The summed E-state index contributed by atoms with van der Waals surface area (Å²) in [5.41, 5.74) is 0.820. The monoisotopic (exact) mass is 412 g/mol. The molecule has 0 bridgehead atoms. The van der Waals surface area contributed by atoms with Gasteiger partial charge < -0.3 is 14.2 Å². The van der Waals surface area contributed by atoms with Gasteiger partial charge in [-0.25, -0.2) is 0 Å². The summed E-state index contributed by atoms with van der Waals surface area (Å²) < 4.78 is 21.4. The number of para-hydroxylation sites is 1. The molecule has 0 aromatic heterocycles. The molecule has 0 aliphatic rings. The highest BCUT2D eigenvalue weighted by Crippen LogP contribution is 2.24. The van der Waals surface area contributed by atoms with Crippen molar-refractivity contribution in [3.63, 3.8) is 0 Å². The summed E-state index contributed by atoms with van der Waals surface area (Å²) in [5, 5.41) is 0. The molecule has 0 fully saturated rings. The molecule has 4 nitrogen and oxygen atoms in total. The molecule has 5 heteroatoms. The lowest BCUT2D eigenvalue weighted by atomic mass is 10.0. The lowest BCUT2D eigenvalue weighted by molar-refractivity contribution is 0.257. The zero-order chi connectivity index (χ0) is 20.3. The van der Waals surface area contributed by atoms with Gasteiger partial charge in [0.25, 0.3) is 0 Å². The maximum atomic E-state index is 10.7. The number of hydrogen-bond acceptors (Lipinski definition) is 3. The van der Waals surface area contributed by atoms with Crippen LogP contribution in [0.4, 0.5) is 0 Å². The third kappa shape index (κ3) is 14.2. The van der Waals surface area contributed by atoms with E-state index in [1.165, 1.54) is 83.5 Å². The number of unbranched alkanes of at least 4 members (excludes halogenated alkanes) is 13. The van der Waals surface area contributed by atoms with Gasteiger partial charge in [-0.05, 0) is 12.5 Å². The average Bonchev–Trinajstić information content (AvgIpc) is 2.70. The molecule has 1 rings (SSSR count). The Hall–Kier alpha value is -0.830. The highest BCUT2D eigenvalue weighted by molar-refractivity contribution is 7.32. The molecule has 1 atom stereocenters. The first kappa shape index (κ1) is 25.2. The maximum Gasteiger partial charge on any atom is 0.316 e. The number of ether oxygens (including phenoxy) is 1. The Labute approximate surface area is 173 Å². The minimum Gasteiger partial charge on any atom is -0.493 e. The largest absolute Gasteiger partial charge is 0.493 e. The first-order valence-corrected chi connectivity index (χ1v) is 12.6. The van der Waals surface area contributed by atoms with Crippen LogP contribution in [0.25, 0.3) is 0 Å². The standard InChI is InChI=1S/C23H41O4P/c1-2-3-4-5-6-7-8-9-10-11-12-13-14-17-20-26-23-19-16-15-18-22(23)21-27-28(24)25/h15-16,18-19,28H,2-14,17,20-21H2,1H3,(H,24,25). The van der Waals surface area contributed by atoms with E-state index in [0.717, 1.165) is 17.7 Å². The molecule has 0 aliphatic carbocycles. The second-order valence-electron chi connectivity index (χ2n) is 7.61. The van der Waals surface area contributed by atoms with Crippen LogP contribution in [0.1, 0.15) is 102 Å². The number of hydrogen-bond donors (Lipinski definition) is 1. The van der Waals surface area contributed by atoms with Crippen LogP contribution in [0.15, 0.2) is 24.3 Å². The smallest absolute Gasteiger partial charge is 0.316 e. The van der Waals surface area contributed by atoms with E-state index in [9.17, 15) is 4.57 Å². The van der Waals surface area contributed by atoms with Crippen LogP contribution < -0.4 is 4.74 Å². The Balaban J connectivity index is 1.92. The zero-order valence-corrected chi connectivity index (χ0v) is 18.8. The van der Waals surface area contributed by atoms with Gasteiger partial charge in [0.2, 0.25) is 0 Å². The molecule has 1 unspecified atom stereocenters. The maximum absolute atomic E-state index is 10.7. The quantitative estimate of drug-likeness (QED) is 0.189. The zero-order valence-electron chi connectivity index (χ0n) is 17.8. The van der Waals surface area contributed by atoms with Crippen LogP contribution in [0, 0.1) is 0 Å². The molecule has 0 amide bonds. The van der Waals surface area contributed by atoms with Crippen LogP contribution in [-0.4, -0.2) is 11.5 Å². The third-order valence-electron chi connectivity index (χ3n) is 5.08. The van der Waals surface area contributed by atoms with Gasteiger partial charge in [-0.3, -0.25) is 4.57 Å². The van der Waals surface area contributed by atoms with Crippen molar-refractivity contribution >= 4 is 8.25 Å². The van der Waals surface area contributed by atoms with Crippen molar-refractivity contribution in [1.82, 2.24) is 0 Å². The van der Waals surface area contributed by atoms with Crippen LogP contribution in [-0.2, 0) is 15.7 Å². The number of rotatable bonds is 19. The Morgan fingerprint density at radius 3 is 1.82 bits per heavy atom. The summed E-state index contributed by atoms with van der Waals surface area (Å²) >= 11 is 0. The highest BCUT2D eigenvalue weighted by atomic mass is 31.1. The summed E-state index contributed by atoms with van der Waals surface area (Å²) in [4.78, 5) is 8.80. The fraction of sp³-hybridized carbons (Fsp3) is 0.739. The Morgan fingerprint density at radius 1 is 0.786 bits per heavy atom. The average molecular weight is 413 g/mol. The van der Waals surface area contributed by atoms with Gasteiger partial charge >= 0.3 is 8.25 Å². The number of benzene rings is 1. The molecular weight excluding hydrogens is 371 g/mol. The lowest BCUT2D eigenvalue weighted by Gasteiger charge is -2.11. The van der Waals surface area contributed by atoms with Gasteiger partial charge in [0.05, 0.1) is 13.2 Å². The molecule has 0 heterocycles. The van der Waals surface area contributed by atoms with Crippen molar-refractivity contribution in [1.29, 1.82) is 0 Å². The van der Waals surface area contributed by atoms with E-state index < -0.39 is 8.25 Å². The molecule has 162 valence electrons. The molecule has 0 saturated heterocycles. The predicted octanol–water partition coefficient (Wildman–Crippen LogP) is 7.45. The van der Waals surface area contributed by atoms with E-state index >= 15 is 0 Å². The van der Waals surface area contributed by atoms with E-state index in [0.29, 0.717) is 6.61 Å². The topological polar surface area (TPSA) is 55.8 Å². The Morgan fingerprint density at radius 2 is 1.29 bits per heavy atom. The second-order valence-corrected chi connectivity index (χ2v) is 8.43. The predicted molar refractivity (Wildman–Crippen MR) is 118 cm³/mol. The minimum absolute atomic E-state index is 0.114. The van der Waals surface area contributed by atoms with Crippen molar-refractivity contribution in [2.24, 2.45) is 0 Å². The van der Waals surface area contributed by atoms with Gasteiger partial charge in [0.15, 0.2) is 0 Å². The van der Waals surface area contributed by atoms with E-state index in [2.05, 4.69) is 6.92 Å². The van der Waals surface area contributed by atoms with Gasteiger partial charge in [-0.2, -0.15) is 0 Å². The lowest BCUT2D eigenvalue weighted by Crippen LogP contribution is -2.00. The molecular formula is C23H41O4P. The van der Waals surface area contributed by atoms with Crippen LogP contribution in [0.3, 0.4) is 0 Å². The van der Waals surface area contributed by atoms with Gasteiger partial charge in [-0.15, -0.1) is 0 Å². The highest BCUT2D eigenvalue weighted by Gasteiger charge is 2.04. The van der Waals surface area contributed by atoms with Crippen LogP contribution >= 0.6 is 8.25 Å². The summed E-state index contributed by atoms with van der Waals surface area (Å²) in [6.07, 6.45) is 18.8. The van der Waals surface area contributed by atoms with Crippen molar-refractivity contribution in [3.8, 4) is 5.75 Å². The molecule has 0 spiro atoms. The molecule has 28 heavy (non-hydrogen) atoms. The Kier molecular flexibility index (Phi) is 16.4. The van der Waals surface area contributed by atoms with Crippen molar-refractivity contribution < 1.29 is 18.7 Å². The first-order chi connectivity index (χ1) is 13.7.